The number of hydrogen-bond acceptors (Lipinski definition) is 3. The first kappa shape index (κ1) is 12.6. The molecule has 1 aliphatic heterocycles. The Bertz CT molecular complexity index is 329. The van der Waals surface area contributed by atoms with Crippen molar-refractivity contribution in [2.45, 2.75) is 45.1 Å². The summed E-state index contributed by atoms with van der Waals surface area (Å²) in [6, 6.07) is 0.378. The molecule has 17 heavy (non-hydrogen) atoms. The maximum absolute atomic E-state index is 11.8. The van der Waals surface area contributed by atoms with Crippen LogP contribution in [0.1, 0.15) is 39.0 Å². The summed E-state index contributed by atoms with van der Waals surface area (Å²) in [6.07, 6.45) is 4.45. The molecular formula is C13H22N2O2. The number of carbonyl (C=O) groups is 2. The summed E-state index contributed by atoms with van der Waals surface area (Å²) in [5.41, 5.74) is -0.269. The molecule has 0 aromatic rings. The Morgan fingerprint density at radius 2 is 2.29 bits per heavy atom. The normalized spacial score (nSPS) is 34.9. The zero-order chi connectivity index (χ0) is 12.5. The van der Waals surface area contributed by atoms with Gasteiger partial charge in [0, 0.05) is 32.5 Å². The number of rotatable bonds is 2. The third kappa shape index (κ3) is 2.51. The summed E-state index contributed by atoms with van der Waals surface area (Å²) in [7, 11) is 1.69. The second-order valence-corrected chi connectivity index (χ2v) is 5.65. The van der Waals surface area contributed by atoms with Crippen molar-refractivity contribution in [1.29, 1.82) is 0 Å². The minimum atomic E-state index is -0.269. The van der Waals surface area contributed by atoms with Crippen LogP contribution in [0.5, 0.6) is 0 Å². The molecule has 1 heterocycles. The van der Waals surface area contributed by atoms with Crippen LogP contribution in [0.15, 0.2) is 0 Å². The lowest BCUT2D eigenvalue weighted by molar-refractivity contribution is -0.129. The first-order chi connectivity index (χ1) is 8.05. The average Bonchev–Trinajstić information content (AvgIpc) is 2.72. The Kier molecular flexibility index (Phi) is 3.52. The maximum atomic E-state index is 11.8. The Morgan fingerprint density at radius 1 is 1.53 bits per heavy atom. The van der Waals surface area contributed by atoms with Crippen molar-refractivity contribution in [2.75, 3.05) is 20.1 Å². The number of nitrogens with zero attached hydrogens (tertiary/aromatic N) is 1. The summed E-state index contributed by atoms with van der Waals surface area (Å²) in [5.74, 6) is 0.511. The van der Waals surface area contributed by atoms with Gasteiger partial charge in [-0.1, -0.05) is 0 Å². The second-order valence-electron chi connectivity index (χ2n) is 5.65. The topological polar surface area (TPSA) is 49.4 Å². The van der Waals surface area contributed by atoms with Crippen LogP contribution in [0.2, 0.25) is 0 Å². The molecule has 0 aromatic heterocycles. The van der Waals surface area contributed by atoms with Gasteiger partial charge in [0.15, 0.2) is 0 Å². The van der Waals surface area contributed by atoms with E-state index in [2.05, 4.69) is 10.2 Å². The zero-order valence-corrected chi connectivity index (χ0v) is 10.8. The summed E-state index contributed by atoms with van der Waals surface area (Å²) in [6.45, 7) is 3.77. The fourth-order valence-electron chi connectivity index (χ4n) is 3.11. The molecule has 4 nitrogen and oxygen atoms in total. The third-order valence-corrected chi connectivity index (χ3v) is 4.25. The summed E-state index contributed by atoms with van der Waals surface area (Å²) in [4.78, 5) is 25.6. The van der Waals surface area contributed by atoms with E-state index in [0.29, 0.717) is 18.2 Å². The number of carbonyl (C=O) groups excluding carboxylic acids is 2. The van der Waals surface area contributed by atoms with Gasteiger partial charge in [0.25, 0.3) is 0 Å². The number of amides is 1. The molecule has 1 N–H and O–H groups in total. The molecule has 1 saturated carbocycles. The molecule has 2 rings (SSSR count). The largest absolute Gasteiger partial charge is 0.359 e. The standard InChI is InChI=1S/C13H22N2O2/c1-13(12(17)14-2)6-7-15(9-13)10-4-3-5-11(16)8-10/h10H,3-9H2,1-2H3,(H,14,17). The lowest BCUT2D eigenvalue weighted by Crippen LogP contribution is -2.42. The fourth-order valence-corrected chi connectivity index (χ4v) is 3.11. The van der Waals surface area contributed by atoms with Crippen LogP contribution in [0.3, 0.4) is 0 Å². The highest BCUT2D eigenvalue weighted by molar-refractivity contribution is 5.82. The first-order valence-electron chi connectivity index (χ1n) is 6.53. The highest BCUT2D eigenvalue weighted by Gasteiger charge is 2.42. The fraction of sp³-hybridized carbons (Fsp3) is 0.846. The quantitative estimate of drug-likeness (QED) is 0.779. The summed E-state index contributed by atoms with van der Waals surface area (Å²) < 4.78 is 0. The van der Waals surface area contributed by atoms with Gasteiger partial charge in [-0.05, 0) is 32.7 Å². The molecule has 0 radical (unpaired) electrons. The van der Waals surface area contributed by atoms with Gasteiger partial charge >= 0.3 is 0 Å². The van der Waals surface area contributed by atoms with Crippen LogP contribution in [0.25, 0.3) is 0 Å². The smallest absolute Gasteiger partial charge is 0.227 e. The van der Waals surface area contributed by atoms with Crippen molar-refractivity contribution in [3.8, 4) is 0 Å². The van der Waals surface area contributed by atoms with E-state index in [1.165, 1.54) is 0 Å². The Morgan fingerprint density at radius 3 is 2.94 bits per heavy atom. The van der Waals surface area contributed by atoms with E-state index >= 15 is 0 Å². The second kappa shape index (κ2) is 4.77. The minimum absolute atomic E-state index is 0.127. The van der Waals surface area contributed by atoms with Crippen LogP contribution < -0.4 is 5.32 Å². The molecule has 4 heteroatoms. The van der Waals surface area contributed by atoms with Crippen molar-refractivity contribution in [2.24, 2.45) is 5.41 Å². The number of likely N-dealkylation sites (tertiary alicyclic amines) is 1. The molecule has 0 spiro atoms. The number of Topliss-reactive ketones (excluding diaryl/α,β-unsaturated/α-hetero) is 1. The molecule has 1 saturated heterocycles. The van der Waals surface area contributed by atoms with E-state index in [1.807, 2.05) is 6.92 Å². The zero-order valence-electron chi connectivity index (χ0n) is 10.8. The van der Waals surface area contributed by atoms with Crippen LogP contribution in [-0.2, 0) is 9.59 Å². The van der Waals surface area contributed by atoms with Gasteiger partial charge in [-0.3, -0.25) is 14.5 Å². The lowest BCUT2D eigenvalue weighted by atomic mass is 9.88. The van der Waals surface area contributed by atoms with E-state index in [-0.39, 0.29) is 11.3 Å². The van der Waals surface area contributed by atoms with Crippen molar-refractivity contribution in [1.82, 2.24) is 10.2 Å². The van der Waals surface area contributed by atoms with Crippen LogP contribution in [0, 0.1) is 5.41 Å². The van der Waals surface area contributed by atoms with Gasteiger partial charge in [-0.15, -0.1) is 0 Å². The molecular weight excluding hydrogens is 216 g/mol. The SMILES string of the molecule is CNC(=O)C1(C)CCN(C2CCCC(=O)C2)C1. The Labute approximate surface area is 103 Å². The Balaban J connectivity index is 1.97. The molecule has 0 aromatic carbocycles. The molecule has 0 bridgehead atoms. The monoisotopic (exact) mass is 238 g/mol. The minimum Gasteiger partial charge on any atom is -0.359 e. The molecule has 2 fully saturated rings. The average molecular weight is 238 g/mol. The molecule has 2 aliphatic rings. The first-order valence-corrected chi connectivity index (χ1v) is 6.53. The molecule has 1 aliphatic carbocycles. The number of ketones is 1. The lowest BCUT2D eigenvalue weighted by Gasteiger charge is -2.31. The molecule has 2 atom stereocenters. The van der Waals surface area contributed by atoms with Gasteiger partial charge < -0.3 is 5.32 Å². The van der Waals surface area contributed by atoms with Gasteiger partial charge in [0.1, 0.15) is 5.78 Å². The van der Waals surface area contributed by atoms with Crippen molar-refractivity contribution >= 4 is 11.7 Å². The van der Waals surface area contributed by atoms with E-state index in [9.17, 15) is 9.59 Å². The van der Waals surface area contributed by atoms with Gasteiger partial charge in [0.2, 0.25) is 5.91 Å². The van der Waals surface area contributed by atoms with Gasteiger partial charge in [0.05, 0.1) is 5.41 Å². The molecule has 2 unspecified atom stereocenters. The van der Waals surface area contributed by atoms with E-state index in [4.69, 9.17) is 0 Å². The van der Waals surface area contributed by atoms with Gasteiger partial charge in [-0.25, -0.2) is 0 Å². The number of nitrogens with one attached hydrogen (secondary N) is 1. The number of hydrogen-bond donors (Lipinski definition) is 1. The highest BCUT2D eigenvalue weighted by atomic mass is 16.2. The predicted octanol–water partition coefficient (Wildman–Crippen LogP) is 0.956. The Hall–Kier alpha value is -0.900. The third-order valence-electron chi connectivity index (χ3n) is 4.25. The van der Waals surface area contributed by atoms with Crippen LogP contribution in [0.4, 0.5) is 0 Å². The van der Waals surface area contributed by atoms with E-state index in [1.54, 1.807) is 7.05 Å². The summed E-state index contributed by atoms with van der Waals surface area (Å²) in [5, 5.41) is 2.75. The predicted molar refractivity (Wildman–Crippen MR) is 65.6 cm³/mol. The van der Waals surface area contributed by atoms with Crippen molar-refractivity contribution in [3.63, 3.8) is 0 Å². The van der Waals surface area contributed by atoms with Gasteiger partial charge in [-0.2, -0.15) is 0 Å². The highest BCUT2D eigenvalue weighted by Crippen LogP contribution is 2.34. The van der Waals surface area contributed by atoms with E-state index in [0.717, 1.165) is 38.8 Å². The summed E-state index contributed by atoms with van der Waals surface area (Å²) >= 11 is 0. The van der Waals surface area contributed by atoms with Crippen molar-refractivity contribution in [3.05, 3.63) is 0 Å². The van der Waals surface area contributed by atoms with Crippen LogP contribution in [-0.4, -0.2) is 42.8 Å². The van der Waals surface area contributed by atoms with E-state index < -0.39 is 0 Å². The van der Waals surface area contributed by atoms with Crippen molar-refractivity contribution < 1.29 is 9.59 Å². The molecule has 96 valence electrons. The molecule has 1 amide bonds. The maximum Gasteiger partial charge on any atom is 0.227 e. The van der Waals surface area contributed by atoms with Crippen LogP contribution >= 0.6 is 0 Å².